The van der Waals surface area contributed by atoms with E-state index in [2.05, 4.69) is 17.2 Å². The molecule has 1 aromatic carbocycles. The molecule has 1 aromatic heterocycles. The van der Waals surface area contributed by atoms with Crippen LogP contribution in [0.2, 0.25) is 0 Å². The van der Waals surface area contributed by atoms with Crippen molar-refractivity contribution in [3.63, 3.8) is 0 Å². The average molecular weight is 355 g/mol. The molecule has 0 radical (unpaired) electrons. The molecule has 1 aliphatic carbocycles. The zero-order valence-corrected chi connectivity index (χ0v) is 15.8. The molecule has 5 nitrogen and oxygen atoms in total. The minimum atomic E-state index is 0.0223. The highest BCUT2D eigenvalue weighted by atomic mass is 16.5. The van der Waals surface area contributed by atoms with E-state index in [4.69, 9.17) is 4.74 Å². The van der Waals surface area contributed by atoms with E-state index < -0.39 is 0 Å². The van der Waals surface area contributed by atoms with Gasteiger partial charge in [-0.3, -0.25) is 4.79 Å². The molecule has 0 aliphatic heterocycles. The standard InChI is InChI=1S/C21H29N3O2/c1-3-4-6-16-7-5-8-19(16)23-21(25)17-9-11-18(12-10-17)26-15-20-22-13-14-24(20)2/h9-14,16,19H,3-8,15H2,1-2H3,(H,23,25). The molecule has 0 spiro atoms. The molecular weight excluding hydrogens is 326 g/mol. The molecule has 1 fully saturated rings. The molecule has 1 amide bonds. The predicted molar refractivity (Wildman–Crippen MR) is 102 cm³/mol. The van der Waals surface area contributed by atoms with Crippen molar-refractivity contribution in [2.24, 2.45) is 13.0 Å². The van der Waals surface area contributed by atoms with Crippen LogP contribution < -0.4 is 10.1 Å². The van der Waals surface area contributed by atoms with Crippen LogP contribution in [0.1, 0.15) is 61.6 Å². The lowest BCUT2D eigenvalue weighted by molar-refractivity contribution is 0.0926. The van der Waals surface area contributed by atoms with Gasteiger partial charge in [-0.2, -0.15) is 0 Å². The van der Waals surface area contributed by atoms with E-state index in [9.17, 15) is 4.79 Å². The van der Waals surface area contributed by atoms with Gasteiger partial charge >= 0.3 is 0 Å². The number of hydrogen-bond donors (Lipinski definition) is 1. The van der Waals surface area contributed by atoms with Gasteiger partial charge in [0.15, 0.2) is 0 Å². The van der Waals surface area contributed by atoms with E-state index in [1.807, 2.05) is 42.1 Å². The SMILES string of the molecule is CCCCC1CCCC1NC(=O)c1ccc(OCc2nccn2C)cc1. The fraction of sp³-hybridized carbons (Fsp3) is 0.524. The first kappa shape index (κ1) is 18.5. The van der Waals surface area contributed by atoms with E-state index in [1.54, 1.807) is 6.20 Å². The molecule has 26 heavy (non-hydrogen) atoms. The van der Waals surface area contributed by atoms with Gasteiger partial charge in [0.1, 0.15) is 18.2 Å². The van der Waals surface area contributed by atoms with E-state index in [0.29, 0.717) is 24.1 Å². The minimum absolute atomic E-state index is 0.0223. The van der Waals surface area contributed by atoms with Gasteiger partial charge < -0.3 is 14.6 Å². The Bertz CT molecular complexity index is 708. The Morgan fingerprint density at radius 2 is 2.12 bits per heavy atom. The summed E-state index contributed by atoms with van der Waals surface area (Å²) < 4.78 is 7.67. The first-order chi connectivity index (χ1) is 12.7. The maximum atomic E-state index is 12.6. The zero-order valence-electron chi connectivity index (χ0n) is 15.8. The van der Waals surface area contributed by atoms with Gasteiger partial charge in [-0.05, 0) is 49.4 Å². The molecule has 5 heteroatoms. The maximum Gasteiger partial charge on any atom is 0.251 e. The number of carbonyl (C=O) groups excluding carboxylic acids is 1. The monoisotopic (exact) mass is 355 g/mol. The third-order valence-corrected chi connectivity index (χ3v) is 5.31. The number of nitrogens with one attached hydrogen (secondary N) is 1. The predicted octanol–water partition coefficient (Wildman–Crippen LogP) is 4.09. The quantitative estimate of drug-likeness (QED) is 0.776. The number of benzene rings is 1. The summed E-state index contributed by atoms with van der Waals surface area (Å²) in [6.45, 7) is 2.64. The molecule has 0 saturated heterocycles. The van der Waals surface area contributed by atoms with Crippen molar-refractivity contribution in [1.82, 2.24) is 14.9 Å². The van der Waals surface area contributed by atoms with Crippen LogP contribution in [0.5, 0.6) is 5.75 Å². The van der Waals surface area contributed by atoms with Crippen LogP contribution in [-0.4, -0.2) is 21.5 Å². The number of imidazole rings is 1. The zero-order chi connectivity index (χ0) is 18.4. The summed E-state index contributed by atoms with van der Waals surface area (Å²) in [7, 11) is 1.94. The lowest BCUT2D eigenvalue weighted by Crippen LogP contribution is -2.37. The number of hydrogen-bond acceptors (Lipinski definition) is 3. The van der Waals surface area contributed by atoms with Crippen molar-refractivity contribution in [3.8, 4) is 5.75 Å². The number of aromatic nitrogens is 2. The van der Waals surface area contributed by atoms with Gasteiger partial charge in [-0.25, -0.2) is 4.98 Å². The molecule has 3 rings (SSSR count). The lowest BCUT2D eigenvalue weighted by atomic mass is 9.96. The van der Waals surface area contributed by atoms with Crippen molar-refractivity contribution in [3.05, 3.63) is 48.0 Å². The van der Waals surface area contributed by atoms with Gasteiger partial charge in [0, 0.05) is 31.0 Å². The van der Waals surface area contributed by atoms with E-state index in [0.717, 1.165) is 18.0 Å². The third kappa shape index (κ3) is 4.65. The van der Waals surface area contributed by atoms with Crippen LogP contribution in [0, 0.1) is 5.92 Å². The second-order valence-corrected chi connectivity index (χ2v) is 7.18. The second kappa shape index (κ2) is 8.88. The Balaban J connectivity index is 1.52. The van der Waals surface area contributed by atoms with Crippen molar-refractivity contribution in [2.75, 3.05) is 0 Å². The summed E-state index contributed by atoms with van der Waals surface area (Å²) in [5, 5.41) is 3.24. The van der Waals surface area contributed by atoms with Gasteiger partial charge in [0.05, 0.1) is 0 Å². The van der Waals surface area contributed by atoms with E-state index in [1.165, 1.54) is 32.1 Å². The number of amides is 1. The van der Waals surface area contributed by atoms with Crippen molar-refractivity contribution >= 4 is 5.91 Å². The number of carbonyl (C=O) groups is 1. The summed E-state index contributed by atoms with van der Waals surface area (Å²) in [6, 6.07) is 7.69. The summed E-state index contributed by atoms with van der Waals surface area (Å²) in [5.74, 6) is 2.27. The summed E-state index contributed by atoms with van der Waals surface area (Å²) in [4.78, 5) is 16.8. The van der Waals surface area contributed by atoms with Crippen molar-refractivity contribution in [1.29, 1.82) is 0 Å². The third-order valence-electron chi connectivity index (χ3n) is 5.31. The second-order valence-electron chi connectivity index (χ2n) is 7.18. The fourth-order valence-corrected chi connectivity index (χ4v) is 3.68. The topological polar surface area (TPSA) is 56.1 Å². The first-order valence-corrected chi connectivity index (χ1v) is 9.67. The molecule has 140 valence electrons. The maximum absolute atomic E-state index is 12.6. The van der Waals surface area contributed by atoms with E-state index >= 15 is 0 Å². The largest absolute Gasteiger partial charge is 0.486 e. The average Bonchev–Trinajstić information content (AvgIpc) is 3.27. The highest BCUT2D eigenvalue weighted by Gasteiger charge is 2.28. The molecule has 2 aromatic rings. The Morgan fingerprint density at radius 3 is 2.81 bits per heavy atom. The van der Waals surface area contributed by atoms with Crippen molar-refractivity contribution in [2.45, 2.75) is 58.1 Å². The van der Waals surface area contributed by atoms with Gasteiger partial charge in [-0.15, -0.1) is 0 Å². The van der Waals surface area contributed by atoms with Gasteiger partial charge in [0.25, 0.3) is 5.91 Å². The van der Waals surface area contributed by atoms with Crippen LogP contribution in [0.15, 0.2) is 36.7 Å². The number of aryl methyl sites for hydroxylation is 1. The minimum Gasteiger partial charge on any atom is -0.486 e. The molecule has 0 bridgehead atoms. The van der Waals surface area contributed by atoms with Crippen LogP contribution in [0.25, 0.3) is 0 Å². The fourth-order valence-electron chi connectivity index (χ4n) is 3.68. The van der Waals surface area contributed by atoms with Crippen LogP contribution in [0.3, 0.4) is 0 Å². The molecule has 1 saturated carbocycles. The molecule has 1 heterocycles. The summed E-state index contributed by atoms with van der Waals surface area (Å²) in [6.07, 6.45) is 10.9. The number of nitrogens with zero attached hydrogens (tertiary/aromatic N) is 2. The highest BCUT2D eigenvalue weighted by molar-refractivity contribution is 5.94. The van der Waals surface area contributed by atoms with E-state index in [-0.39, 0.29) is 5.91 Å². The smallest absolute Gasteiger partial charge is 0.251 e. The van der Waals surface area contributed by atoms with Crippen LogP contribution >= 0.6 is 0 Å². The number of unbranched alkanes of at least 4 members (excludes halogenated alkanes) is 1. The molecular formula is C21H29N3O2. The highest BCUT2D eigenvalue weighted by Crippen LogP contribution is 2.30. The van der Waals surface area contributed by atoms with Gasteiger partial charge in [0.2, 0.25) is 0 Å². The van der Waals surface area contributed by atoms with Crippen molar-refractivity contribution < 1.29 is 9.53 Å². The molecule has 1 N–H and O–H groups in total. The molecule has 1 aliphatic rings. The Labute approximate surface area is 155 Å². The van der Waals surface area contributed by atoms with Gasteiger partial charge in [-0.1, -0.05) is 26.2 Å². The number of ether oxygens (including phenoxy) is 1. The number of rotatable bonds is 8. The molecule has 2 unspecified atom stereocenters. The molecule has 2 atom stereocenters. The summed E-state index contributed by atoms with van der Waals surface area (Å²) >= 11 is 0. The van der Waals surface area contributed by atoms with Crippen LogP contribution in [-0.2, 0) is 13.7 Å². The summed E-state index contributed by atoms with van der Waals surface area (Å²) in [5.41, 5.74) is 0.690. The van der Waals surface area contributed by atoms with Crippen LogP contribution in [0.4, 0.5) is 0 Å². The lowest BCUT2D eigenvalue weighted by Gasteiger charge is -2.21. The normalized spacial score (nSPS) is 19.5. The first-order valence-electron chi connectivity index (χ1n) is 9.67. The Morgan fingerprint density at radius 1 is 1.31 bits per heavy atom. The Hall–Kier alpha value is -2.30. The Kier molecular flexibility index (Phi) is 6.31.